The van der Waals surface area contributed by atoms with Crippen molar-refractivity contribution in [3.05, 3.63) is 119 Å². The van der Waals surface area contributed by atoms with Crippen LogP contribution in [0.3, 0.4) is 0 Å². The van der Waals surface area contributed by atoms with E-state index in [-0.39, 0.29) is 11.8 Å². The summed E-state index contributed by atoms with van der Waals surface area (Å²) in [6.45, 7) is 4.51. The topological polar surface area (TPSA) is 70.7 Å². The second kappa shape index (κ2) is 9.96. The van der Waals surface area contributed by atoms with Gasteiger partial charge in [-0.25, -0.2) is 0 Å². The fraction of sp³-hybridized carbons (Fsp3) is 0.133. The molecule has 0 radical (unpaired) electrons. The number of amides is 2. The molecule has 6 nitrogen and oxygen atoms in total. The lowest BCUT2D eigenvalue weighted by atomic mass is 10.1. The summed E-state index contributed by atoms with van der Waals surface area (Å²) in [5.41, 5.74) is 5.40. The molecule has 2 amide bonds. The minimum absolute atomic E-state index is 0.0828. The molecule has 4 aromatic carbocycles. The third-order valence-electron chi connectivity index (χ3n) is 6.13. The Morgan fingerprint density at radius 3 is 2.39 bits per heavy atom. The first-order valence-corrected chi connectivity index (χ1v) is 11.9. The van der Waals surface area contributed by atoms with Crippen molar-refractivity contribution in [1.29, 1.82) is 0 Å². The van der Waals surface area contributed by atoms with Crippen LogP contribution in [0.1, 0.15) is 44.9 Å². The molecule has 0 bridgehead atoms. The van der Waals surface area contributed by atoms with Crippen molar-refractivity contribution in [2.45, 2.75) is 20.0 Å². The molecule has 0 fully saturated rings. The van der Waals surface area contributed by atoms with Crippen LogP contribution in [0.25, 0.3) is 0 Å². The lowest BCUT2D eigenvalue weighted by molar-refractivity contribution is 0.0990. The van der Waals surface area contributed by atoms with Gasteiger partial charge in [-0.3, -0.25) is 14.5 Å². The number of carbonyl (C=O) groups excluding carboxylic acids is 2. The number of aryl methyl sites for hydroxylation is 1. The average Bonchev–Trinajstić information content (AvgIpc) is 3.17. The predicted octanol–water partition coefficient (Wildman–Crippen LogP) is 6.42. The standard InChI is InChI=1S/C30H27N3O3/c1-3-36-25-17-15-24(16-18-25)33-28(26-9-4-5-10-27(26)30(33)35)31-23-8-6-7-21(19-23)29(34)32-22-13-11-20(2)12-14-22/h4-19,28,31H,3H2,1-2H3,(H,32,34)/t28-/m0/s1. The van der Waals surface area contributed by atoms with Gasteiger partial charge in [0.1, 0.15) is 11.9 Å². The molecule has 0 spiro atoms. The molecular formula is C30H27N3O3. The number of hydrogen-bond donors (Lipinski definition) is 2. The highest BCUT2D eigenvalue weighted by atomic mass is 16.5. The van der Waals surface area contributed by atoms with Gasteiger partial charge in [0.05, 0.1) is 6.61 Å². The van der Waals surface area contributed by atoms with Gasteiger partial charge in [-0.1, -0.05) is 42.0 Å². The summed E-state index contributed by atoms with van der Waals surface area (Å²) in [5.74, 6) is 0.469. The molecule has 6 heteroatoms. The van der Waals surface area contributed by atoms with E-state index in [1.807, 2.05) is 98.8 Å². The second-order valence-electron chi connectivity index (χ2n) is 8.64. The van der Waals surface area contributed by atoms with Crippen LogP contribution in [0.15, 0.2) is 97.1 Å². The Hall–Kier alpha value is -4.58. The van der Waals surface area contributed by atoms with E-state index >= 15 is 0 Å². The maximum Gasteiger partial charge on any atom is 0.260 e. The average molecular weight is 478 g/mol. The van der Waals surface area contributed by atoms with Gasteiger partial charge in [-0.2, -0.15) is 0 Å². The van der Waals surface area contributed by atoms with Crippen LogP contribution in [-0.2, 0) is 0 Å². The number of nitrogens with zero attached hydrogens (tertiary/aromatic N) is 1. The van der Waals surface area contributed by atoms with Crippen molar-refractivity contribution >= 4 is 28.9 Å². The Bertz CT molecular complexity index is 1400. The summed E-state index contributed by atoms with van der Waals surface area (Å²) >= 11 is 0. The van der Waals surface area contributed by atoms with E-state index in [4.69, 9.17) is 4.74 Å². The first kappa shape index (κ1) is 23.2. The van der Waals surface area contributed by atoms with Crippen LogP contribution >= 0.6 is 0 Å². The van der Waals surface area contributed by atoms with Crippen molar-refractivity contribution in [2.75, 3.05) is 22.1 Å². The van der Waals surface area contributed by atoms with Gasteiger partial charge in [-0.05, 0) is 74.5 Å². The smallest absolute Gasteiger partial charge is 0.260 e. The van der Waals surface area contributed by atoms with E-state index in [0.717, 1.165) is 33.9 Å². The fourth-order valence-corrected chi connectivity index (χ4v) is 4.34. The van der Waals surface area contributed by atoms with E-state index in [0.29, 0.717) is 17.7 Å². The number of nitrogens with one attached hydrogen (secondary N) is 2. The highest BCUT2D eigenvalue weighted by Crippen LogP contribution is 2.38. The summed E-state index contributed by atoms with van der Waals surface area (Å²) in [6, 6.07) is 30.0. The summed E-state index contributed by atoms with van der Waals surface area (Å²) in [7, 11) is 0. The van der Waals surface area contributed by atoms with Gasteiger partial charge >= 0.3 is 0 Å². The van der Waals surface area contributed by atoms with Gasteiger partial charge in [0.2, 0.25) is 0 Å². The van der Waals surface area contributed by atoms with Crippen LogP contribution in [0.4, 0.5) is 17.1 Å². The molecule has 1 atom stereocenters. The van der Waals surface area contributed by atoms with Gasteiger partial charge in [0, 0.05) is 33.8 Å². The lowest BCUT2D eigenvalue weighted by Crippen LogP contribution is -2.32. The first-order valence-electron chi connectivity index (χ1n) is 11.9. The molecule has 0 aliphatic carbocycles. The Morgan fingerprint density at radius 2 is 1.64 bits per heavy atom. The van der Waals surface area contributed by atoms with E-state index in [1.165, 1.54) is 0 Å². The molecule has 5 rings (SSSR count). The van der Waals surface area contributed by atoms with E-state index in [2.05, 4.69) is 10.6 Å². The summed E-state index contributed by atoms with van der Waals surface area (Å²) in [4.78, 5) is 28.0. The minimum Gasteiger partial charge on any atom is -0.494 e. The molecule has 0 saturated heterocycles. The van der Waals surface area contributed by atoms with Gasteiger partial charge in [0.15, 0.2) is 0 Å². The lowest BCUT2D eigenvalue weighted by Gasteiger charge is -2.27. The Labute approximate surface area is 210 Å². The second-order valence-corrected chi connectivity index (χ2v) is 8.64. The Balaban J connectivity index is 1.42. The van der Waals surface area contributed by atoms with Gasteiger partial charge in [-0.15, -0.1) is 0 Å². The van der Waals surface area contributed by atoms with Crippen molar-refractivity contribution in [3.8, 4) is 5.75 Å². The normalized spacial score (nSPS) is 14.3. The van der Waals surface area contributed by atoms with Gasteiger partial charge < -0.3 is 15.4 Å². The molecule has 0 unspecified atom stereocenters. The summed E-state index contributed by atoms with van der Waals surface area (Å²) < 4.78 is 5.56. The van der Waals surface area contributed by atoms with Crippen LogP contribution in [0.2, 0.25) is 0 Å². The van der Waals surface area contributed by atoms with E-state index in [1.54, 1.807) is 17.0 Å². The molecule has 1 heterocycles. The zero-order valence-electron chi connectivity index (χ0n) is 20.2. The van der Waals surface area contributed by atoms with Crippen LogP contribution in [-0.4, -0.2) is 18.4 Å². The summed E-state index contributed by atoms with van der Waals surface area (Å²) in [6.07, 6.45) is -0.429. The third kappa shape index (κ3) is 4.66. The SMILES string of the molecule is CCOc1ccc(N2C(=O)c3ccccc3[C@H]2Nc2cccc(C(=O)Nc3ccc(C)cc3)c2)cc1. The molecule has 0 saturated carbocycles. The minimum atomic E-state index is -0.429. The highest BCUT2D eigenvalue weighted by Gasteiger charge is 2.37. The van der Waals surface area contributed by atoms with Crippen LogP contribution < -0.4 is 20.3 Å². The van der Waals surface area contributed by atoms with Crippen molar-refractivity contribution in [2.24, 2.45) is 0 Å². The number of rotatable bonds is 7. The third-order valence-corrected chi connectivity index (χ3v) is 6.13. The highest BCUT2D eigenvalue weighted by molar-refractivity contribution is 6.11. The maximum absolute atomic E-state index is 13.4. The van der Waals surface area contributed by atoms with Gasteiger partial charge in [0.25, 0.3) is 11.8 Å². The van der Waals surface area contributed by atoms with Crippen molar-refractivity contribution in [3.63, 3.8) is 0 Å². The molecule has 36 heavy (non-hydrogen) atoms. The number of fused-ring (bicyclic) bond motifs is 1. The van der Waals surface area contributed by atoms with E-state index in [9.17, 15) is 9.59 Å². The van der Waals surface area contributed by atoms with Crippen LogP contribution in [0.5, 0.6) is 5.75 Å². The predicted molar refractivity (Wildman–Crippen MR) is 143 cm³/mol. The van der Waals surface area contributed by atoms with Crippen molar-refractivity contribution < 1.29 is 14.3 Å². The monoisotopic (exact) mass is 477 g/mol. The van der Waals surface area contributed by atoms with Crippen molar-refractivity contribution in [1.82, 2.24) is 0 Å². The molecule has 180 valence electrons. The molecule has 4 aromatic rings. The molecular weight excluding hydrogens is 450 g/mol. The zero-order valence-corrected chi connectivity index (χ0v) is 20.2. The molecule has 1 aliphatic rings. The quantitative estimate of drug-likeness (QED) is 0.322. The Morgan fingerprint density at radius 1 is 0.889 bits per heavy atom. The largest absolute Gasteiger partial charge is 0.494 e. The number of carbonyl (C=O) groups is 2. The maximum atomic E-state index is 13.4. The number of hydrogen-bond acceptors (Lipinski definition) is 4. The zero-order chi connectivity index (χ0) is 25.1. The first-order chi connectivity index (χ1) is 17.5. The molecule has 2 N–H and O–H groups in total. The Kier molecular flexibility index (Phi) is 6.41. The van der Waals surface area contributed by atoms with E-state index < -0.39 is 6.17 Å². The molecule has 1 aliphatic heterocycles. The molecule has 0 aromatic heterocycles. The van der Waals surface area contributed by atoms with Crippen LogP contribution in [0, 0.1) is 6.92 Å². The number of ether oxygens (including phenoxy) is 1. The number of anilines is 3. The number of benzene rings is 4. The fourth-order valence-electron chi connectivity index (χ4n) is 4.34. The summed E-state index contributed by atoms with van der Waals surface area (Å²) in [5, 5.41) is 6.41.